The summed E-state index contributed by atoms with van der Waals surface area (Å²) in [6, 6.07) is 17.1. The predicted molar refractivity (Wildman–Crippen MR) is 91.3 cm³/mol. The van der Waals surface area contributed by atoms with Gasteiger partial charge in [-0.25, -0.2) is 0 Å². The third kappa shape index (κ3) is 3.54. The molecule has 0 radical (unpaired) electrons. The van der Waals surface area contributed by atoms with E-state index in [1.807, 2.05) is 60.8 Å². The van der Waals surface area contributed by atoms with Crippen molar-refractivity contribution < 1.29 is 9.47 Å². The number of methoxy groups -OCH3 is 1. The fourth-order valence-electron chi connectivity index (χ4n) is 2.50. The van der Waals surface area contributed by atoms with Crippen LogP contribution in [0.3, 0.4) is 0 Å². The lowest BCUT2D eigenvalue weighted by Gasteiger charge is -2.09. The maximum absolute atomic E-state index is 12.4. The first-order valence-electron chi connectivity index (χ1n) is 7.63. The Hall–Kier alpha value is -2.75. The molecule has 0 aliphatic heterocycles. The lowest BCUT2D eigenvalue weighted by molar-refractivity contribution is 0.300. The Bertz CT molecular complexity index is 837. The van der Waals surface area contributed by atoms with E-state index in [9.17, 15) is 4.79 Å². The van der Waals surface area contributed by atoms with Crippen LogP contribution in [-0.4, -0.2) is 18.3 Å². The SMILES string of the molecule is COc1ccc(OCCCn2ccc3ccccc3c2=O)cc1. The van der Waals surface area contributed by atoms with E-state index in [4.69, 9.17) is 9.47 Å². The summed E-state index contributed by atoms with van der Waals surface area (Å²) in [5.41, 5.74) is 0.0487. The van der Waals surface area contributed by atoms with Crippen LogP contribution < -0.4 is 15.0 Å². The van der Waals surface area contributed by atoms with Crippen LogP contribution in [0.15, 0.2) is 65.6 Å². The van der Waals surface area contributed by atoms with Crippen molar-refractivity contribution in [3.05, 3.63) is 71.1 Å². The summed E-state index contributed by atoms with van der Waals surface area (Å²) >= 11 is 0. The lowest BCUT2D eigenvalue weighted by atomic mass is 10.2. The van der Waals surface area contributed by atoms with Crippen molar-refractivity contribution in [2.24, 2.45) is 0 Å². The lowest BCUT2D eigenvalue weighted by Crippen LogP contribution is -2.20. The monoisotopic (exact) mass is 309 g/mol. The molecule has 3 rings (SSSR count). The fourth-order valence-corrected chi connectivity index (χ4v) is 2.50. The Morgan fingerprint density at radius 1 is 0.957 bits per heavy atom. The van der Waals surface area contributed by atoms with Crippen LogP contribution in [0.25, 0.3) is 10.8 Å². The molecule has 0 spiro atoms. The van der Waals surface area contributed by atoms with Crippen LogP contribution in [0.4, 0.5) is 0 Å². The molecule has 23 heavy (non-hydrogen) atoms. The van der Waals surface area contributed by atoms with Gasteiger partial charge in [-0.2, -0.15) is 0 Å². The topological polar surface area (TPSA) is 40.5 Å². The minimum absolute atomic E-state index is 0.0487. The number of pyridine rings is 1. The van der Waals surface area contributed by atoms with Gasteiger partial charge in [0.25, 0.3) is 5.56 Å². The predicted octanol–water partition coefficient (Wildman–Crippen LogP) is 3.48. The van der Waals surface area contributed by atoms with Gasteiger partial charge in [0.2, 0.25) is 0 Å². The van der Waals surface area contributed by atoms with Gasteiger partial charge in [0.05, 0.1) is 13.7 Å². The molecule has 118 valence electrons. The number of fused-ring (bicyclic) bond motifs is 1. The molecule has 0 atom stereocenters. The molecule has 0 saturated heterocycles. The zero-order chi connectivity index (χ0) is 16.1. The number of nitrogens with zero attached hydrogens (tertiary/aromatic N) is 1. The summed E-state index contributed by atoms with van der Waals surface area (Å²) < 4.78 is 12.5. The second kappa shape index (κ2) is 7.01. The first-order chi connectivity index (χ1) is 11.3. The van der Waals surface area contributed by atoms with Gasteiger partial charge in [-0.05, 0) is 48.2 Å². The van der Waals surface area contributed by atoms with Crippen molar-refractivity contribution in [2.75, 3.05) is 13.7 Å². The highest BCUT2D eigenvalue weighted by atomic mass is 16.5. The maximum Gasteiger partial charge on any atom is 0.258 e. The van der Waals surface area contributed by atoms with Gasteiger partial charge in [0.15, 0.2) is 0 Å². The summed E-state index contributed by atoms with van der Waals surface area (Å²) in [5.74, 6) is 1.61. The number of aryl methyl sites for hydroxylation is 1. The number of ether oxygens (including phenoxy) is 2. The number of hydrogen-bond acceptors (Lipinski definition) is 3. The quantitative estimate of drug-likeness (QED) is 0.655. The van der Waals surface area contributed by atoms with Crippen LogP contribution in [0, 0.1) is 0 Å². The highest BCUT2D eigenvalue weighted by Gasteiger charge is 2.02. The molecule has 0 unspecified atom stereocenters. The fraction of sp³-hybridized carbons (Fsp3) is 0.211. The van der Waals surface area contributed by atoms with Crippen LogP contribution >= 0.6 is 0 Å². The molecular weight excluding hydrogens is 290 g/mol. The van der Waals surface area contributed by atoms with Gasteiger partial charge in [0, 0.05) is 18.1 Å². The van der Waals surface area contributed by atoms with E-state index in [-0.39, 0.29) is 5.56 Å². The van der Waals surface area contributed by atoms with E-state index < -0.39 is 0 Å². The van der Waals surface area contributed by atoms with Crippen molar-refractivity contribution in [1.82, 2.24) is 4.57 Å². The Morgan fingerprint density at radius 2 is 1.70 bits per heavy atom. The average molecular weight is 309 g/mol. The molecule has 4 nitrogen and oxygen atoms in total. The summed E-state index contributed by atoms with van der Waals surface area (Å²) in [4.78, 5) is 12.4. The molecule has 1 heterocycles. The zero-order valence-electron chi connectivity index (χ0n) is 13.1. The van der Waals surface area contributed by atoms with Gasteiger partial charge in [-0.15, -0.1) is 0 Å². The van der Waals surface area contributed by atoms with Crippen molar-refractivity contribution in [3.8, 4) is 11.5 Å². The van der Waals surface area contributed by atoms with Gasteiger partial charge < -0.3 is 14.0 Å². The number of hydrogen-bond donors (Lipinski definition) is 0. The van der Waals surface area contributed by atoms with Crippen molar-refractivity contribution in [2.45, 2.75) is 13.0 Å². The van der Waals surface area contributed by atoms with Crippen LogP contribution in [-0.2, 0) is 6.54 Å². The highest BCUT2D eigenvalue weighted by molar-refractivity contribution is 5.81. The third-order valence-corrected chi connectivity index (χ3v) is 3.76. The average Bonchev–Trinajstić information content (AvgIpc) is 2.61. The van der Waals surface area contributed by atoms with E-state index in [1.54, 1.807) is 11.7 Å². The Morgan fingerprint density at radius 3 is 2.48 bits per heavy atom. The van der Waals surface area contributed by atoms with Gasteiger partial charge >= 0.3 is 0 Å². The van der Waals surface area contributed by atoms with Crippen LogP contribution in [0.1, 0.15) is 6.42 Å². The third-order valence-electron chi connectivity index (χ3n) is 3.76. The first-order valence-corrected chi connectivity index (χ1v) is 7.63. The summed E-state index contributed by atoms with van der Waals surface area (Å²) in [7, 11) is 1.64. The Kier molecular flexibility index (Phi) is 4.62. The standard InChI is InChI=1S/C19H19NO3/c1-22-16-7-9-17(10-8-16)23-14-4-12-20-13-11-15-5-2-3-6-18(15)19(20)21/h2-3,5-11,13H,4,12,14H2,1H3. The maximum atomic E-state index is 12.4. The Balaban J connectivity index is 1.58. The zero-order valence-corrected chi connectivity index (χ0v) is 13.1. The van der Waals surface area contributed by atoms with E-state index in [0.29, 0.717) is 13.2 Å². The molecule has 0 saturated carbocycles. The molecule has 0 amide bonds. The Labute approximate surface area is 134 Å². The van der Waals surface area contributed by atoms with Gasteiger partial charge in [-0.1, -0.05) is 18.2 Å². The number of aromatic nitrogens is 1. The van der Waals surface area contributed by atoms with Crippen molar-refractivity contribution >= 4 is 10.8 Å². The second-order valence-electron chi connectivity index (χ2n) is 5.28. The van der Waals surface area contributed by atoms with Crippen LogP contribution in [0.5, 0.6) is 11.5 Å². The van der Waals surface area contributed by atoms with E-state index in [2.05, 4.69) is 0 Å². The molecule has 1 aromatic heterocycles. The number of benzene rings is 2. The molecular formula is C19H19NO3. The molecule has 2 aromatic carbocycles. The summed E-state index contributed by atoms with van der Waals surface area (Å²) in [5, 5.41) is 1.73. The molecule has 4 heteroatoms. The number of rotatable bonds is 6. The highest BCUT2D eigenvalue weighted by Crippen LogP contribution is 2.17. The largest absolute Gasteiger partial charge is 0.497 e. The normalized spacial score (nSPS) is 10.7. The van der Waals surface area contributed by atoms with Gasteiger partial charge in [-0.3, -0.25) is 4.79 Å². The summed E-state index contributed by atoms with van der Waals surface area (Å²) in [6.07, 6.45) is 2.61. The molecule has 0 N–H and O–H groups in total. The van der Waals surface area contributed by atoms with Crippen molar-refractivity contribution in [3.63, 3.8) is 0 Å². The molecule has 0 aliphatic rings. The summed E-state index contributed by atoms with van der Waals surface area (Å²) in [6.45, 7) is 1.20. The second-order valence-corrected chi connectivity index (χ2v) is 5.28. The van der Waals surface area contributed by atoms with Crippen LogP contribution in [0.2, 0.25) is 0 Å². The van der Waals surface area contributed by atoms with Gasteiger partial charge in [0.1, 0.15) is 11.5 Å². The van der Waals surface area contributed by atoms with E-state index in [1.165, 1.54) is 0 Å². The smallest absolute Gasteiger partial charge is 0.258 e. The minimum atomic E-state index is 0.0487. The van der Waals surface area contributed by atoms with E-state index in [0.717, 1.165) is 28.7 Å². The minimum Gasteiger partial charge on any atom is -0.497 e. The molecule has 0 bridgehead atoms. The molecule has 0 aliphatic carbocycles. The van der Waals surface area contributed by atoms with E-state index >= 15 is 0 Å². The first kappa shape index (κ1) is 15.2. The molecule has 3 aromatic rings. The molecule has 0 fully saturated rings. The van der Waals surface area contributed by atoms with Crippen molar-refractivity contribution in [1.29, 1.82) is 0 Å².